The highest BCUT2D eigenvalue weighted by Crippen LogP contribution is 2.18. The molecule has 4 nitrogen and oxygen atoms in total. The molecule has 0 fully saturated rings. The number of hydrogen-bond donors (Lipinski definition) is 1. The monoisotopic (exact) mass is 233 g/mol. The van der Waals surface area contributed by atoms with Gasteiger partial charge >= 0.3 is 0 Å². The van der Waals surface area contributed by atoms with E-state index in [4.69, 9.17) is 0 Å². The normalized spacial score (nSPS) is 12.1. The van der Waals surface area contributed by atoms with Gasteiger partial charge in [-0.1, -0.05) is 34.8 Å². The van der Waals surface area contributed by atoms with Gasteiger partial charge in [-0.2, -0.15) is 0 Å². The van der Waals surface area contributed by atoms with Crippen LogP contribution in [0.1, 0.15) is 18.4 Å². The van der Waals surface area contributed by atoms with Gasteiger partial charge in [0, 0.05) is 11.5 Å². The quantitative estimate of drug-likeness (QED) is 0.884. The number of carbonyl (C=O) groups excluding carboxylic acids is 1. The van der Waals surface area contributed by atoms with E-state index >= 15 is 0 Å². The van der Waals surface area contributed by atoms with Crippen molar-refractivity contribution in [3.05, 3.63) is 42.1 Å². The first-order valence-corrected chi connectivity index (χ1v) is 5.68. The maximum Gasteiger partial charge on any atom is 0.232 e. The van der Waals surface area contributed by atoms with E-state index in [9.17, 15) is 4.79 Å². The summed E-state index contributed by atoms with van der Waals surface area (Å²) in [6, 6.07) is 9.66. The summed E-state index contributed by atoms with van der Waals surface area (Å²) in [6.07, 6.45) is 1.54. The second kappa shape index (κ2) is 4.85. The molecule has 1 atom stereocenters. The van der Waals surface area contributed by atoms with E-state index in [1.54, 1.807) is 6.20 Å². The van der Waals surface area contributed by atoms with Gasteiger partial charge < -0.3 is 5.32 Å². The molecule has 5 heteroatoms. The van der Waals surface area contributed by atoms with Crippen LogP contribution in [-0.2, 0) is 4.79 Å². The standard InChI is InChI=1S/C11H11N3OS/c1-8(9-5-3-2-4-6-9)11(15)13-10-7-12-14-16-10/h2-8H,1H3,(H,13,15)/t8-/m1/s1. The predicted octanol–water partition coefficient (Wildman–Crippen LogP) is 2.28. The number of nitrogens with one attached hydrogen (secondary N) is 1. The lowest BCUT2D eigenvalue weighted by Crippen LogP contribution is -2.18. The summed E-state index contributed by atoms with van der Waals surface area (Å²) >= 11 is 1.17. The first kappa shape index (κ1) is 10.8. The SMILES string of the molecule is C[C@@H](C(=O)Nc1cnns1)c1ccccc1. The van der Waals surface area contributed by atoms with Crippen LogP contribution >= 0.6 is 11.5 Å². The molecule has 82 valence electrons. The molecule has 0 saturated carbocycles. The second-order valence-corrected chi connectivity index (χ2v) is 4.19. The third kappa shape index (κ3) is 2.43. The molecule has 0 aliphatic heterocycles. The molecule has 0 aliphatic rings. The van der Waals surface area contributed by atoms with Gasteiger partial charge in [0.05, 0.1) is 12.1 Å². The van der Waals surface area contributed by atoms with Crippen LogP contribution in [0.4, 0.5) is 5.00 Å². The molecule has 2 rings (SSSR count). The molecule has 1 heterocycles. The molecule has 0 aliphatic carbocycles. The van der Waals surface area contributed by atoms with Gasteiger partial charge in [0.15, 0.2) is 0 Å². The smallest absolute Gasteiger partial charge is 0.232 e. The summed E-state index contributed by atoms with van der Waals surface area (Å²) in [5, 5.41) is 7.11. The van der Waals surface area contributed by atoms with Crippen LogP contribution < -0.4 is 5.32 Å². The van der Waals surface area contributed by atoms with Crippen LogP contribution in [0.15, 0.2) is 36.5 Å². The van der Waals surface area contributed by atoms with Gasteiger partial charge in [0.2, 0.25) is 5.91 Å². The van der Waals surface area contributed by atoms with Crippen molar-refractivity contribution in [3.8, 4) is 0 Å². The third-order valence-corrected chi connectivity index (χ3v) is 2.88. The van der Waals surface area contributed by atoms with Crippen molar-refractivity contribution in [2.45, 2.75) is 12.8 Å². The lowest BCUT2D eigenvalue weighted by molar-refractivity contribution is -0.117. The van der Waals surface area contributed by atoms with E-state index in [-0.39, 0.29) is 11.8 Å². The number of amides is 1. The Balaban J connectivity index is 2.05. The summed E-state index contributed by atoms with van der Waals surface area (Å²) in [7, 11) is 0. The Labute approximate surface area is 97.5 Å². The Morgan fingerprint density at radius 3 is 2.75 bits per heavy atom. The zero-order valence-electron chi connectivity index (χ0n) is 8.75. The van der Waals surface area contributed by atoms with Gasteiger partial charge in [-0.15, -0.1) is 5.10 Å². The van der Waals surface area contributed by atoms with Gasteiger partial charge in [0.1, 0.15) is 5.00 Å². The Hall–Kier alpha value is -1.75. The van der Waals surface area contributed by atoms with Gasteiger partial charge in [-0.25, -0.2) is 0 Å². The molecule has 1 aromatic carbocycles. The van der Waals surface area contributed by atoms with Crippen LogP contribution in [0.3, 0.4) is 0 Å². The molecule has 0 radical (unpaired) electrons. The summed E-state index contributed by atoms with van der Waals surface area (Å²) in [5.41, 5.74) is 0.998. The van der Waals surface area contributed by atoms with Crippen LogP contribution in [0, 0.1) is 0 Å². The molecule has 1 amide bonds. The molecule has 16 heavy (non-hydrogen) atoms. The number of aromatic nitrogens is 2. The van der Waals surface area contributed by atoms with Crippen LogP contribution in [-0.4, -0.2) is 15.5 Å². The maximum atomic E-state index is 11.9. The Morgan fingerprint density at radius 1 is 1.38 bits per heavy atom. The predicted molar refractivity (Wildman–Crippen MR) is 63.4 cm³/mol. The topological polar surface area (TPSA) is 54.9 Å². The molecule has 1 N–H and O–H groups in total. The van der Waals surface area contributed by atoms with Gasteiger partial charge in [-0.05, 0) is 12.5 Å². The second-order valence-electron chi connectivity index (χ2n) is 3.40. The highest BCUT2D eigenvalue weighted by Gasteiger charge is 2.15. The molecule has 1 aromatic heterocycles. The summed E-state index contributed by atoms with van der Waals surface area (Å²) in [4.78, 5) is 11.9. The van der Waals surface area contributed by atoms with Crippen LogP contribution in [0.5, 0.6) is 0 Å². The minimum atomic E-state index is -0.178. The van der Waals surface area contributed by atoms with Crippen molar-refractivity contribution >= 4 is 22.4 Å². The molecule has 0 saturated heterocycles. The van der Waals surface area contributed by atoms with E-state index < -0.39 is 0 Å². The van der Waals surface area contributed by atoms with Gasteiger partial charge in [-0.3, -0.25) is 4.79 Å². The fourth-order valence-electron chi connectivity index (χ4n) is 1.34. The van der Waals surface area contributed by atoms with Crippen molar-refractivity contribution in [3.63, 3.8) is 0 Å². The zero-order chi connectivity index (χ0) is 11.4. The lowest BCUT2D eigenvalue weighted by Gasteiger charge is -2.10. The molecular formula is C11H11N3OS. The van der Waals surface area contributed by atoms with E-state index in [0.717, 1.165) is 5.56 Å². The van der Waals surface area contributed by atoms with E-state index in [1.165, 1.54) is 11.5 Å². The van der Waals surface area contributed by atoms with Crippen LogP contribution in [0.25, 0.3) is 0 Å². The average Bonchev–Trinajstić information content (AvgIpc) is 2.82. The highest BCUT2D eigenvalue weighted by atomic mass is 32.1. The lowest BCUT2D eigenvalue weighted by atomic mass is 10.0. The first-order valence-electron chi connectivity index (χ1n) is 4.90. The van der Waals surface area contributed by atoms with E-state index in [0.29, 0.717) is 5.00 Å². The molecule has 2 aromatic rings. The largest absolute Gasteiger partial charge is 0.315 e. The number of carbonyl (C=O) groups is 1. The summed E-state index contributed by atoms with van der Waals surface area (Å²) < 4.78 is 3.68. The number of rotatable bonds is 3. The number of nitrogens with zero attached hydrogens (tertiary/aromatic N) is 2. The average molecular weight is 233 g/mol. The number of hydrogen-bond acceptors (Lipinski definition) is 4. The number of benzene rings is 1. The Bertz CT molecular complexity index is 455. The van der Waals surface area contributed by atoms with E-state index in [1.807, 2.05) is 37.3 Å². The van der Waals surface area contributed by atoms with Crippen molar-refractivity contribution in [2.24, 2.45) is 0 Å². The van der Waals surface area contributed by atoms with Crippen molar-refractivity contribution in [2.75, 3.05) is 5.32 Å². The van der Waals surface area contributed by atoms with E-state index in [2.05, 4.69) is 14.9 Å². The Morgan fingerprint density at radius 2 is 2.12 bits per heavy atom. The minimum absolute atomic E-state index is 0.0442. The fourth-order valence-corrected chi connectivity index (χ4v) is 1.77. The maximum absolute atomic E-state index is 11.9. The highest BCUT2D eigenvalue weighted by molar-refractivity contribution is 7.10. The van der Waals surface area contributed by atoms with Gasteiger partial charge in [0.25, 0.3) is 0 Å². The molecule has 0 bridgehead atoms. The fraction of sp³-hybridized carbons (Fsp3) is 0.182. The number of anilines is 1. The third-order valence-electron chi connectivity index (χ3n) is 2.30. The van der Waals surface area contributed by atoms with Crippen molar-refractivity contribution in [1.29, 1.82) is 0 Å². The molecule has 0 spiro atoms. The van der Waals surface area contributed by atoms with Crippen LogP contribution in [0.2, 0.25) is 0 Å². The Kier molecular flexibility index (Phi) is 3.26. The van der Waals surface area contributed by atoms with Crippen molar-refractivity contribution < 1.29 is 4.79 Å². The summed E-state index contributed by atoms with van der Waals surface area (Å²) in [6.45, 7) is 1.87. The minimum Gasteiger partial charge on any atom is -0.315 e. The van der Waals surface area contributed by atoms with Crippen molar-refractivity contribution in [1.82, 2.24) is 9.59 Å². The molecular weight excluding hydrogens is 222 g/mol. The molecule has 0 unspecified atom stereocenters. The zero-order valence-corrected chi connectivity index (χ0v) is 9.57. The summed E-state index contributed by atoms with van der Waals surface area (Å²) in [5.74, 6) is -0.222. The first-order chi connectivity index (χ1) is 7.77.